The first-order chi connectivity index (χ1) is 22.8. The lowest BCUT2D eigenvalue weighted by atomic mass is 9.89. The van der Waals surface area contributed by atoms with Gasteiger partial charge in [-0.05, 0) is 36.4 Å². The zero-order valence-corrected chi connectivity index (χ0v) is 25.5. The van der Waals surface area contributed by atoms with E-state index in [2.05, 4.69) is 21.5 Å². The molecule has 1 fully saturated rings. The number of aromatic nitrogens is 4. The summed E-state index contributed by atoms with van der Waals surface area (Å²) in [4.78, 5) is 53.1. The molecule has 0 radical (unpaired) electrons. The van der Waals surface area contributed by atoms with Crippen molar-refractivity contribution in [3.05, 3.63) is 132 Å². The highest BCUT2D eigenvalue weighted by Gasteiger charge is 2.63. The van der Waals surface area contributed by atoms with Crippen LogP contribution in [0.5, 0.6) is 0 Å². The Morgan fingerprint density at radius 2 is 1.47 bits per heavy atom. The lowest BCUT2D eigenvalue weighted by Gasteiger charge is -2.37. The molecule has 1 aliphatic rings. The van der Waals surface area contributed by atoms with Crippen LogP contribution in [-0.4, -0.2) is 61.8 Å². The summed E-state index contributed by atoms with van der Waals surface area (Å²) in [6.45, 7) is 3.52. The van der Waals surface area contributed by atoms with Crippen LogP contribution >= 0.6 is 11.6 Å². The molecule has 2 N–H and O–H groups in total. The van der Waals surface area contributed by atoms with Gasteiger partial charge in [0.05, 0.1) is 23.0 Å². The second-order valence-corrected chi connectivity index (χ2v) is 10.9. The van der Waals surface area contributed by atoms with Gasteiger partial charge in [-0.25, -0.2) is 19.4 Å². The predicted molar refractivity (Wildman–Crippen MR) is 170 cm³/mol. The van der Waals surface area contributed by atoms with Crippen LogP contribution < -0.4 is 5.73 Å². The summed E-state index contributed by atoms with van der Waals surface area (Å²) in [6.07, 6.45) is -0.973. The summed E-state index contributed by atoms with van der Waals surface area (Å²) in [7, 11) is 0. The first kappa shape index (κ1) is 31.4. The number of imidazole rings is 1. The van der Waals surface area contributed by atoms with Crippen molar-refractivity contribution in [1.82, 2.24) is 19.5 Å². The molecular weight excluding hydrogens is 626 g/mol. The lowest BCUT2D eigenvalue weighted by molar-refractivity contribution is -0.117. The molecule has 0 spiro atoms. The van der Waals surface area contributed by atoms with Gasteiger partial charge >= 0.3 is 17.9 Å². The highest BCUT2D eigenvalue weighted by atomic mass is 35.5. The van der Waals surface area contributed by atoms with Crippen LogP contribution in [-0.2, 0) is 18.9 Å². The summed E-state index contributed by atoms with van der Waals surface area (Å²) < 4.78 is 26.1. The number of nitrogens with zero attached hydrogens (tertiary/aromatic N) is 4. The van der Waals surface area contributed by atoms with Crippen molar-refractivity contribution in [2.75, 3.05) is 12.3 Å². The normalized spacial score (nSPS) is 20.4. The molecule has 238 valence electrons. The number of ether oxygens (including phenoxy) is 4. The minimum atomic E-state index is -1.80. The van der Waals surface area contributed by atoms with E-state index in [4.69, 9.17) is 36.3 Å². The van der Waals surface area contributed by atoms with E-state index in [1.54, 1.807) is 91.0 Å². The second-order valence-electron chi connectivity index (χ2n) is 10.6. The SMILES string of the molecule is C=CC[C@]1(OC(=O)c2ccccc2)C(n2cnc3c(Cl)nc(N)nc32)OC(COC(=O)c2ccccc2)[C@H]1OC(=O)c1ccccc1. The number of esters is 3. The Bertz CT molecular complexity index is 1920. The van der Waals surface area contributed by atoms with E-state index >= 15 is 0 Å². The van der Waals surface area contributed by atoms with Gasteiger partial charge in [-0.2, -0.15) is 9.97 Å². The van der Waals surface area contributed by atoms with Crippen molar-refractivity contribution in [3.63, 3.8) is 0 Å². The molecule has 13 heteroatoms. The van der Waals surface area contributed by atoms with Gasteiger partial charge in [0.1, 0.15) is 18.2 Å². The Labute approximate surface area is 273 Å². The number of rotatable bonds is 10. The average Bonchev–Trinajstić information content (AvgIpc) is 3.63. The van der Waals surface area contributed by atoms with Crippen LogP contribution in [0.4, 0.5) is 5.95 Å². The molecule has 2 unspecified atom stereocenters. The number of carbonyl (C=O) groups excluding carboxylic acids is 3. The quantitative estimate of drug-likeness (QED) is 0.0912. The van der Waals surface area contributed by atoms with Crippen LogP contribution in [0.25, 0.3) is 11.2 Å². The van der Waals surface area contributed by atoms with Gasteiger partial charge in [0, 0.05) is 6.42 Å². The molecule has 4 atom stereocenters. The highest BCUT2D eigenvalue weighted by Crippen LogP contribution is 2.47. The van der Waals surface area contributed by atoms with E-state index in [0.717, 1.165) is 0 Å². The number of fused-ring (bicyclic) bond motifs is 1. The van der Waals surface area contributed by atoms with Crippen LogP contribution in [0, 0.1) is 0 Å². The zero-order chi connectivity index (χ0) is 33.0. The van der Waals surface area contributed by atoms with E-state index in [9.17, 15) is 14.4 Å². The van der Waals surface area contributed by atoms with Crippen molar-refractivity contribution in [2.45, 2.75) is 30.5 Å². The van der Waals surface area contributed by atoms with Gasteiger partial charge in [0.2, 0.25) is 5.95 Å². The number of anilines is 1. The van der Waals surface area contributed by atoms with Gasteiger partial charge in [-0.3, -0.25) is 4.57 Å². The Hall–Kier alpha value is -5.59. The van der Waals surface area contributed by atoms with Crippen LogP contribution in [0.2, 0.25) is 5.15 Å². The number of nitrogen functional groups attached to an aromatic ring is 1. The molecule has 0 bridgehead atoms. The smallest absolute Gasteiger partial charge is 0.338 e. The standard InChI is InChI=1S/C34H28ClN5O7/c1-2-18-34(47-31(43)23-16-10-5-11-17-23)26(46-30(42)22-14-8-4-9-15-22)24(19-44-29(41)21-12-6-3-7-13-21)45-32(34)40-20-37-25-27(35)38-33(36)39-28(25)40/h2-17,20,24,26,32H,1,18-19H2,(H2,36,38,39)/t24?,26-,32?,34-/m1/s1. The van der Waals surface area contributed by atoms with Crippen molar-refractivity contribution in [1.29, 1.82) is 0 Å². The summed E-state index contributed by atoms with van der Waals surface area (Å²) in [5, 5.41) is -0.0137. The van der Waals surface area contributed by atoms with E-state index in [0.29, 0.717) is 5.56 Å². The van der Waals surface area contributed by atoms with Gasteiger partial charge in [-0.15, -0.1) is 6.58 Å². The molecule has 3 aromatic carbocycles. The molecule has 1 aliphatic heterocycles. The number of benzene rings is 3. The van der Waals surface area contributed by atoms with Gasteiger partial charge in [0.25, 0.3) is 0 Å². The fourth-order valence-corrected chi connectivity index (χ4v) is 5.67. The van der Waals surface area contributed by atoms with E-state index < -0.39 is 41.9 Å². The molecule has 12 nitrogen and oxygen atoms in total. The Kier molecular flexibility index (Phi) is 8.96. The Balaban J connectivity index is 1.48. The van der Waals surface area contributed by atoms with Crippen molar-refractivity contribution in [2.24, 2.45) is 0 Å². The molecule has 2 aromatic heterocycles. The van der Waals surface area contributed by atoms with E-state index in [-0.39, 0.29) is 46.4 Å². The number of carbonyl (C=O) groups is 3. The van der Waals surface area contributed by atoms with Crippen LogP contribution in [0.15, 0.2) is 110 Å². The third-order valence-corrected chi connectivity index (χ3v) is 7.84. The molecule has 6 rings (SSSR count). The highest BCUT2D eigenvalue weighted by molar-refractivity contribution is 6.33. The van der Waals surface area contributed by atoms with Crippen LogP contribution in [0.1, 0.15) is 43.7 Å². The monoisotopic (exact) mass is 653 g/mol. The third kappa shape index (κ3) is 6.28. The summed E-state index contributed by atoms with van der Waals surface area (Å²) in [5.74, 6) is -2.24. The first-order valence-corrected chi connectivity index (χ1v) is 14.9. The van der Waals surface area contributed by atoms with Gasteiger partial charge in [0.15, 0.2) is 28.7 Å². The minimum Gasteiger partial charge on any atom is -0.459 e. The Morgan fingerprint density at radius 3 is 2.06 bits per heavy atom. The van der Waals surface area contributed by atoms with Crippen molar-refractivity contribution in [3.8, 4) is 0 Å². The number of hydrogen-bond acceptors (Lipinski definition) is 11. The third-order valence-electron chi connectivity index (χ3n) is 7.58. The van der Waals surface area contributed by atoms with E-state index in [1.807, 2.05) is 0 Å². The molecule has 3 heterocycles. The molecule has 5 aromatic rings. The van der Waals surface area contributed by atoms with E-state index in [1.165, 1.54) is 17.0 Å². The lowest BCUT2D eigenvalue weighted by Crippen LogP contribution is -2.52. The average molecular weight is 654 g/mol. The fraction of sp³-hybridized carbons (Fsp3) is 0.176. The van der Waals surface area contributed by atoms with Crippen molar-refractivity contribution < 1.29 is 33.3 Å². The van der Waals surface area contributed by atoms with Gasteiger partial charge in [-0.1, -0.05) is 72.3 Å². The summed E-state index contributed by atoms with van der Waals surface area (Å²) in [6, 6.07) is 24.9. The molecule has 47 heavy (non-hydrogen) atoms. The number of nitrogens with two attached hydrogens (primary N) is 1. The zero-order valence-electron chi connectivity index (χ0n) is 24.8. The van der Waals surface area contributed by atoms with Gasteiger partial charge < -0.3 is 24.7 Å². The maximum absolute atomic E-state index is 13.8. The number of hydrogen-bond donors (Lipinski definition) is 1. The Morgan fingerprint density at radius 1 is 0.894 bits per heavy atom. The first-order valence-electron chi connectivity index (χ1n) is 14.5. The fourth-order valence-electron chi connectivity index (χ4n) is 5.45. The van der Waals surface area contributed by atoms with Crippen LogP contribution in [0.3, 0.4) is 0 Å². The largest absolute Gasteiger partial charge is 0.459 e. The molecule has 0 saturated carbocycles. The minimum absolute atomic E-state index is 0.0137. The predicted octanol–water partition coefficient (Wildman–Crippen LogP) is 5.21. The molecule has 0 aliphatic carbocycles. The summed E-state index contributed by atoms with van der Waals surface area (Å²) in [5.41, 5.74) is 5.26. The molecular formula is C34H28ClN5O7. The maximum Gasteiger partial charge on any atom is 0.338 e. The second kappa shape index (κ2) is 13.4. The maximum atomic E-state index is 13.8. The molecule has 1 saturated heterocycles. The number of halogens is 1. The topological polar surface area (TPSA) is 158 Å². The molecule has 0 amide bonds. The van der Waals surface area contributed by atoms with Crippen molar-refractivity contribution >= 4 is 46.6 Å². The summed E-state index contributed by atoms with van der Waals surface area (Å²) >= 11 is 6.34.